The first-order chi connectivity index (χ1) is 15.5. The first-order valence-corrected chi connectivity index (χ1v) is 9.51. The molecule has 0 saturated heterocycles. The second-order valence-electron chi connectivity index (χ2n) is 6.97. The first-order valence-electron chi connectivity index (χ1n) is 9.51. The number of halogens is 3. The van der Waals surface area contributed by atoms with E-state index in [9.17, 15) is 38.0 Å². The van der Waals surface area contributed by atoms with Crippen molar-refractivity contribution >= 4 is 23.2 Å². The first kappa shape index (κ1) is 23.8. The Labute approximate surface area is 184 Å². The molecule has 1 heterocycles. The molecular formula is C20H18F3N3O7. The monoisotopic (exact) mass is 469 g/mol. The maximum absolute atomic E-state index is 12.7. The summed E-state index contributed by atoms with van der Waals surface area (Å²) < 4.78 is 48.5. The summed E-state index contributed by atoms with van der Waals surface area (Å²) in [5.41, 5.74) is -1.14. The Kier molecular flexibility index (Phi) is 7.01. The van der Waals surface area contributed by atoms with Gasteiger partial charge in [0.15, 0.2) is 6.61 Å². The third-order valence-corrected chi connectivity index (χ3v) is 4.54. The van der Waals surface area contributed by atoms with E-state index in [1.807, 2.05) is 0 Å². The van der Waals surface area contributed by atoms with Gasteiger partial charge in [-0.3, -0.25) is 24.6 Å². The predicted molar refractivity (Wildman–Crippen MR) is 107 cm³/mol. The highest BCUT2D eigenvalue weighted by Crippen LogP contribution is 2.35. The van der Waals surface area contributed by atoms with E-state index in [-0.39, 0.29) is 36.0 Å². The van der Waals surface area contributed by atoms with Crippen LogP contribution in [0.4, 0.5) is 24.5 Å². The highest BCUT2D eigenvalue weighted by Gasteiger charge is 2.31. The van der Waals surface area contributed by atoms with Gasteiger partial charge in [0.05, 0.1) is 16.2 Å². The molecule has 0 saturated carbocycles. The largest absolute Gasteiger partial charge is 0.491 e. The number of amides is 2. The van der Waals surface area contributed by atoms with Crippen LogP contribution in [-0.2, 0) is 15.8 Å². The van der Waals surface area contributed by atoms with Crippen molar-refractivity contribution in [2.24, 2.45) is 0 Å². The molecule has 10 nitrogen and oxygen atoms in total. The number of ether oxygens (including phenoxy) is 2. The number of non-ortho nitro benzene ring substituents is 1. The smallest absolute Gasteiger partial charge is 0.416 e. The number of rotatable bonds is 8. The number of hydrogen-bond acceptors (Lipinski definition) is 7. The number of nitrogens with zero attached hydrogens (tertiary/aromatic N) is 2. The van der Waals surface area contributed by atoms with E-state index in [1.165, 1.54) is 18.2 Å². The normalized spacial score (nSPS) is 14.2. The Morgan fingerprint density at radius 1 is 1.30 bits per heavy atom. The fraction of sp³-hybridized carbons (Fsp3) is 0.300. The highest BCUT2D eigenvalue weighted by atomic mass is 19.4. The minimum Gasteiger partial charge on any atom is -0.491 e. The third-order valence-electron chi connectivity index (χ3n) is 4.54. The molecule has 0 fully saturated rings. The third kappa shape index (κ3) is 6.10. The number of alkyl halides is 3. The van der Waals surface area contributed by atoms with Crippen molar-refractivity contribution in [2.45, 2.75) is 12.3 Å². The number of fused-ring (bicyclic) bond motifs is 1. The van der Waals surface area contributed by atoms with E-state index in [0.29, 0.717) is 0 Å². The van der Waals surface area contributed by atoms with Crippen molar-refractivity contribution < 1.29 is 42.3 Å². The van der Waals surface area contributed by atoms with E-state index >= 15 is 0 Å². The molecule has 0 aromatic heterocycles. The molecule has 1 unspecified atom stereocenters. The SMILES string of the molecule is O=C(CN1C(=O)COc2ccc([N+](=O)[O-])cc21)NCC(O)COc1cccc(C(F)(F)F)c1. The molecule has 3 rings (SSSR count). The Morgan fingerprint density at radius 3 is 2.76 bits per heavy atom. The van der Waals surface area contributed by atoms with Crippen molar-refractivity contribution in [3.05, 3.63) is 58.1 Å². The molecule has 13 heteroatoms. The fourth-order valence-electron chi connectivity index (χ4n) is 2.92. The fourth-order valence-corrected chi connectivity index (χ4v) is 2.92. The van der Waals surface area contributed by atoms with Gasteiger partial charge in [-0.15, -0.1) is 0 Å². The Bertz CT molecular complexity index is 1060. The van der Waals surface area contributed by atoms with Gasteiger partial charge in [-0.2, -0.15) is 13.2 Å². The number of aliphatic hydroxyl groups is 1. The summed E-state index contributed by atoms with van der Waals surface area (Å²) in [4.78, 5) is 35.8. The molecule has 0 spiro atoms. The van der Waals surface area contributed by atoms with Gasteiger partial charge in [-0.1, -0.05) is 6.07 Å². The summed E-state index contributed by atoms with van der Waals surface area (Å²) in [7, 11) is 0. The standard InChI is InChI=1S/C20H18F3N3O7/c21-20(22,23)12-2-1-3-15(6-12)32-10-14(27)8-24-18(28)9-25-16-7-13(26(30)31)4-5-17(16)33-11-19(25)29/h1-7,14,27H,8-11H2,(H,24,28). The van der Waals surface area contributed by atoms with Gasteiger partial charge in [-0.25, -0.2) is 0 Å². The number of carbonyl (C=O) groups is 2. The molecule has 33 heavy (non-hydrogen) atoms. The maximum Gasteiger partial charge on any atom is 0.416 e. The lowest BCUT2D eigenvalue weighted by Gasteiger charge is -2.28. The van der Waals surface area contributed by atoms with E-state index in [0.717, 1.165) is 29.2 Å². The molecule has 2 amide bonds. The summed E-state index contributed by atoms with van der Waals surface area (Å²) in [6.07, 6.45) is -5.79. The van der Waals surface area contributed by atoms with Gasteiger partial charge >= 0.3 is 6.18 Å². The quantitative estimate of drug-likeness (QED) is 0.446. The molecule has 1 aliphatic heterocycles. The average molecular weight is 469 g/mol. The summed E-state index contributed by atoms with van der Waals surface area (Å²) in [5, 5.41) is 23.3. The van der Waals surface area contributed by atoms with Gasteiger partial charge < -0.3 is 19.9 Å². The van der Waals surface area contributed by atoms with Gasteiger partial charge in [0, 0.05) is 18.7 Å². The predicted octanol–water partition coefficient (Wildman–Crippen LogP) is 1.90. The molecule has 0 aliphatic carbocycles. The van der Waals surface area contributed by atoms with Gasteiger partial charge in [0.1, 0.15) is 30.8 Å². The second kappa shape index (κ2) is 9.73. The van der Waals surface area contributed by atoms with Crippen LogP contribution in [-0.4, -0.2) is 54.3 Å². The van der Waals surface area contributed by atoms with Crippen molar-refractivity contribution in [1.82, 2.24) is 5.32 Å². The van der Waals surface area contributed by atoms with Gasteiger partial charge in [0.2, 0.25) is 5.91 Å². The van der Waals surface area contributed by atoms with Crippen LogP contribution in [0.1, 0.15) is 5.56 Å². The molecule has 0 radical (unpaired) electrons. The molecule has 176 valence electrons. The zero-order valence-electron chi connectivity index (χ0n) is 16.9. The molecule has 1 atom stereocenters. The van der Waals surface area contributed by atoms with Crippen molar-refractivity contribution in [3.63, 3.8) is 0 Å². The molecular weight excluding hydrogens is 451 g/mol. The number of nitro benzene ring substituents is 1. The van der Waals surface area contributed by atoms with Crippen LogP contribution in [0.2, 0.25) is 0 Å². The van der Waals surface area contributed by atoms with Crippen molar-refractivity contribution in [3.8, 4) is 11.5 Å². The van der Waals surface area contributed by atoms with E-state index in [1.54, 1.807) is 0 Å². The zero-order chi connectivity index (χ0) is 24.2. The maximum atomic E-state index is 12.7. The minimum absolute atomic E-state index is 0.0593. The molecule has 2 N–H and O–H groups in total. The lowest BCUT2D eigenvalue weighted by Crippen LogP contribution is -2.46. The number of nitrogens with one attached hydrogen (secondary N) is 1. The van der Waals surface area contributed by atoms with Crippen molar-refractivity contribution in [2.75, 3.05) is 31.2 Å². The van der Waals surface area contributed by atoms with Crippen molar-refractivity contribution in [1.29, 1.82) is 0 Å². The topological polar surface area (TPSA) is 131 Å². The second-order valence-corrected chi connectivity index (χ2v) is 6.97. The van der Waals surface area contributed by atoms with E-state index in [4.69, 9.17) is 9.47 Å². The summed E-state index contributed by atoms with van der Waals surface area (Å²) in [6, 6.07) is 7.75. The van der Waals surface area contributed by atoms with Crippen LogP contribution in [0.5, 0.6) is 11.5 Å². The number of nitro groups is 1. The highest BCUT2D eigenvalue weighted by molar-refractivity contribution is 6.02. The van der Waals surface area contributed by atoms with Crippen LogP contribution in [0.25, 0.3) is 0 Å². The number of benzene rings is 2. The summed E-state index contributed by atoms with van der Waals surface area (Å²) in [5.74, 6) is -1.18. The van der Waals surface area contributed by atoms with Crippen LogP contribution < -0.4 is 19.7 Å². The Hall–Kier alpha value is -3.87. The van der Waals surface area contributed by atoms with Crippen LogP contribution >= 0.6 is 0 Å². The van der Waals surface area contributed by atoms with E-state index in [2.05, 4.69) is 5.32 Å². The number of carbonyl (C=O) groups excluding carboxylic acids is 2. The number of aliphatic hydroxyl groups excluding tert-OH is 1. The minimum atomic E-state index is -4.54. The number of hydrogen-bond donors (Lipinski definition) is 2. The van der Waals surface area contributed by atoms with Gasteiger partial charge in [-0.05, 0) is 24.3 Å². The summed E-state index contributed by atoms with van der Waals surface area (Å²) in [6.45, 7) is -1.55. The van der Waals surface area contributed by atoms with Crippen LogP contribution in [0.15, 0.2) is 42.5 Å². The lowest BCUT2D eigenvalue weighted by molar-refractivity contribution is -0.384. The Balaban J connectivity index is 1.54. The Morgan fingerprint density at radius 2 is 2.06 bits per heavy atom. The van der Waals surface area contributed by atoms with Crippen LogP contribution in [0, 0.1) is 10.1 Å². The molecule has 0 bridgehead atoms. The summed E-state index contributed by atoms with van der Waals surface area (Å²) >= 11 is 0. The molecule has 1 aliphatic rings. The van der Waals surface area contributed by atoms with E-state index < -0.39 is 47.7 Å². The molecule has 2 aromatic carbocycles. The zero-order valence-corrected chi connectivity index (χ0v) is 16.9. The van der Waals surface area contributed by atoms with Crippen LogP contribution in [0.3, 0.4) is 0 Å². The molecule has 2 aromatic rings. The lowest BCUT2D eigenvalue weighted by atomic mass is 10.2. The average Bonchev–Trinajstić information content (AvgIpc) is 2.77. The number of anilines is 1. The van der Waals surface area contributed by atoms with Gasteiger partial charge in [0.25, 0.3) is 11.6 Å².